The second-order valence-electron chi connectivity index (χ2n) is 2.93. The molecule has 0 radical (unpaired) electrons. The van der Waals surface area contributed by atoms with Crippen LogP contribution in [0.15, 0.2) is 0 Å². The van der Waals surface area contributed by atoms with Gasteiger partial charge in [-0.15, -0.1) is 0 Å². The summed E-state index contributed by atoms with van der Waals surface area (Å²) in [6.07, 6.45) is 2.22. The Hall–Kier alpha value is -0.120. The summed E-state index contributed by atoms with van der Waals surface area (Å²) in [6, 6.07) is 0. The van der Waals surface area contributed by atoms with Gasteiger partial charge in [0.1, 0.15) is 0 Å². The zero-order valence-electron chi connectivity index (χ0n) is 6.30. The van der Waals surface area contributed by atoms with Gasteiger partial charge >= 0.3 is 0 Å². The van der Waals surface area contributed by atoms with Crippen molar-refractivity contribution in [3.63, 3.8) is 0 Å². The van der Waals surface area contributed by atoms with Crippen molar-refractivity contribution < 1.29 is 9.47 Å². The van der Waals surface area contributed by atoms with Crippen LogP contribution < -0.4 is 0 Å². The van der Waals surface area contributed by atoms with Crippen molar-refractivity contribution in [3.05, 3.63) is 0 Å². The SMILES string of the molecule is CN1CCCC12OCCO2. The molecule has 2 aliphatic heterocycles. The smallest absolute Gasteiger partial charge is 0.229 e. The number of hydrogen-bond acceptors (Lipinski definition) is 3. The zero-order chi connectivity index (χ0) is 7.03. The predicted octanol–water partition coefficient (Wildman–Crippen LogP) is 0.413. The second-order valence-corrected chi connectivity index (χ2v) is 2.93. The first-order valence-corrected chi connectivity index (χ1v) is 3.83. The number of rotatable bonds is 0. The van der Waals surface area contributed by atoms with E-state index in [1.54, 1.807) is 0 Å². The Morgan fingerprint density at radius 2 is 2.00 bits per heavy atom. The molecule has 0 aromatic heterocycles. The normalized spacial score (nSPS) is 32.1. The fraction of sp³-hybridized carbons (Fsp3) is 1.00. The van der Waals surface area contributed by atoms with Crippen LogP contribution in [-0.4, -0.2) is 37.6 Å². The molecule has 58 valence electrons. The van der Waals surface area contributed by atoms with Gasteiger partial charge in [-0.2, -0.15) is 0 Å². The van der Waals surface area contributed by atoms with Crippen LogP contribution in [0.25, 0.3) is 0 Å². The molecular weight excluding hydrogens is 130 g/mol. The van der Waals surface area contributed by atoms with Crippen LogP contribution in [-0.2, 0) is 9.47 Å². The van der Waals surface area contributed by atoms with Crippen molar-refractivity contribution in [3.8, 4) is 0 Å². The van der Waals surface area contributed by atoms with Gasteiger partial charge in [0, 0.05) is 13.0 Å². The van der Waals surface area contributed by atoms with Crippen LogP contribution in [0.4, 0.5) is 0 Å². The van der Waals surface area contributed by atoms with Crippen LogP contribution in [0.5, 0.6) is 0 Å². The molecule has 3 nitrogen and oxygen atoms in total. The van der Waals surface area contributed by atoms with Gasteiger partial charge in [0.15, 0.2) is 0 Å². The number of hydrogen-bond donors (Lipinski definition) is 0. The quantitative estimate of drug-likeness (QED) is 0.490. The molecule has 2 fully saturated rings. The molecule has 1 spiro atoms. The molecule has 10 heavy (non-hydrogen) atoms. The maximum Gasteiger partial charge on any atom is 0.229 e. The van der Waals surface area contributed by atoms with Gasteiger partial charge in [0.25, 0.3) is 0 Å². The van der Waals surface area contributed by atoms with Crippen LogP contribution >= 0.6 is 0 Å². The second kappa shape index (κ2) is 2.19. The van der Waals surface area contributed by atoms with Gasteiger partial charge in [0.2, 0.25) is 5.91 Å². The Balaban J connectivity index is 2.11. The minimum absolute atomic E-state index is 0.319. The molecule has 0 amide bonds. The highest BCUT2D eigenvalue weighted by Gasteiger charge is 2.43. The Morgan fingerprint density at radius 1 is 1.30 bits per heavy atom. The first-order valence-electron chi connectivity index (χ1n) is 3.83. The van der Waals surface area contributed by atoms with Gasteiger partial charge < -0.3 is 9.47 Å². The van der Waals surface area contributed by atoms with Crippen LogP contribution in [0, 0.1) is 0 Å². The standard InChI is InChI=1S/C7H13NO2/c1-8-4-2-3-7(8)9-5-6-10-7/h2-6H2,1H3. The van der Waals surface area contributed by atoms with Crippen molar-refractivity contribution in [2.45, 2.75) is 18.8 Å². The summed E-state index contributed by atoms with van der Waals surface area (Å²) in [6.45, 7) is 2.61. The Bertz CT molecular complexity index is 126. The average Bonchev–Trinajstić information content (AvgIpc) is 2.48. The lowest BCUT2D eigenvalue weighted by molar-refractivity contribution is -0.231. The van der Waals surface area contributed by atoms with Crippen LogP contribution in [0.3, 0.4) is 0 Å². The molecule has 2 aliphatic rings. The third-order valence-corrected chi connectivity index (χ3v) is 2.31. The van der Waals surface area contributed by atoms with E-state index in [1.807, 2.05) is 0 Å². The highest BCUT2D eigenvalue weighted by Crippen LogP contribution is 2.33. The van der Waals surface area contributed by atoms with Crippen molar-refractivity contribution in [1.29, 1.82) is 0 Å². The van der Waals surface area contributed by atoms with Crippen LogP contribution in [0.2, 0.25) is 0 Å². The minimum Gasteiger partial charge on any atom is -0.335 e. The molecular formula is C7H13NO2. The van der Waals surface area contributed by atoms with E-state index in [-0.39, 0.29) is 5.91 Å². The molecule has 0 aliphatic carbocycles. The van der Waals surface area contributed by atoms with Crippen molar-refractivity contribution in [1.82, 2.24) is 4.90 Å². The van der Waals surface area contributed by atoms with E-state index >= 15 is 0 Å². The van der Waals surface area contributed by atoms with Gasteiger partial charge in [-0.1, -0.05) is 0 Å². The molecule has 0 unspecified atom stereocenters. The topological polar surface area (TPSA) is 21.7 Å². The lowest BCUT2D eigenvalue weighted by Crippen LogP contribution is -2.41. The lowest BCUT2D eigenvalue weighted by atomic mass is 10.3. The number of nitrogens with zero attached hydrogens (tertiary/aromatic N) is 1. The number of likely N-dealkylation sites (tertiary alicyclic amines) is 1. The van der Waals surface area contributed by atoms with Crippen molar-refractivity contribution in [2.24, 2.45) is 0 Å². The summed E-state index contributed by atoms with van der Waals surface area (Å²) in [5.41, 5.74) is 0. The Kier molecular flexibility index (Phi) is 1.44. The summed E-state index contributed by atoms with van der Waals surface area (Å²) in [7, 11) is 2.05. The van der Waals surface area contributed by atoms with Gasteiger partial charge in [0.05, 0.1) is 13.2 Å². The van der Waals surface area contributed by atoms with Gasteiger partial charge in [-0.05, 0) is 13.5 Å². The minimum atomic E-state index is -0.319. The van der Waals surface area contributed by atoms with Crippen molar-refractivity contribution >= 4 is 0 Å². The van der Waals surface area contributed by atoms with Gasteiger partial charge in [-0.25, -0.2) is 0 Å². The van der Waals surface area contributed by atoms with E-state index in [2.05, 4.69) is 11.9 Å². The fourth-order valence-corrected chi connectivity index (χ4v) is 1.71. The van der Waals surface area contributed by atoms with E-state index in [0.29, 0.717) is 0 Å². The third kappa shape index (κ3) is 0.779. The maximum atomic E-state index is 5.52. The highest BCUT2D eigenvalue weighted by molar-refractivity contribution is 4.79. The highest BCUT2D eigenvalue weighted by atomic mass is 16.8. The number of ether oxygens (including phenoxy) is 2. The summed E-state index contributed by atoms with van der Waals surface area (Å²) in [5, 5.41) is 0. The van der Waals surface area contributed by atoms with Gasteiger partial charge in [-0.3, -0.25) is 4.90 Å². The summed E-state index contributed by atoms with van der Waals surface area (Å²) in [4.78, 5) is 2.15. The Morgan fingerprint density at radius 3 is 2.50 bits per heavy atom. The molecule has 0 aromatic carbocycles. The lowest BCUT2D eigenvalue weighted by Gasteiger charge is -2.28. The van der Waals surface area contributed by atoms with Crippen molar-refractivity contribution in [2.75, 3.05) is 26.8 Å². The maximum absolute atomic E-state index is 5.52. The largest absolute Gasteiger partial charge is 0.335 e. The predicted molar refractivity (Wildman–Crippen MR) is 36.5 cm³/mol. The van der Waals surface area contributed by atoms with E-state index < -0.39 is 0 Å². The first-order chi connectivity index (χ1) is 4.83. The molecule has 0 atom stereocenters. The molecule has 2 rings (SSSR count). The Labute approximate surface area is 60.9 Å². The average molecular weight is 143 g/mol. The molecule has 0 aromatic rings. The van der Waals surface area contributed by atoms with E-state index in [4.69, 9.17) is 9.47 Å². The summed E-state index contributed by atoms with van der Waals surface area (Å²) < 4.78 is 11.0. The zero-order valence-corrected chi connectivity index (χ0v) is 6.30. The third-order valence-electron chi connectivity index (χ3n) is 2.31. The van der Waals surface area contributed by atoms with Crippen LogP contribution in [0.1, 0.15) is 12.8 Å². The molecule has 3 heteroatoms. The molecule has 2 heterocycles. The molecule has 2 saturated heterocycles. The fourth-order valence-electron chi connectivity index (χ4n) is 1.71. The summed E-state index contributed by atoms with van der Waals surface area (Å²) in [5.74, 6) is -0.319. The monoisotopic (exact) mass is 143 g/mol. The molecule has 0 N–H and O–H groups in total. The van der Waals surface area contributed by atoms with E-state index in [1.165, 1.54) is 6.42 Å². The van der Waals surface area contributed by atoms with E-state index in [0.717, 1.165) is 26.2 Å². The molecule has 0 saturated carbocycles. The first kappa shape index (κ1) is 6.58. The molecule has 0 bridgehead atoms. The van der Waals surface area contributed by atoms with E-state index in [9.17, 15) is 0 Å². The summed E-state index contributed by atoms with van der Waals surface area (Å²) >= 11 is 0.